The molecule has 0 amide bonds. The van der Waals surface area contributed by atoms with Gasteiger partial charge in [-0.1, -0.05) is 52.5 Å². The normalized spacial score (nSPS) is 11.6. The summed E-state index contributed by atoms with van der Waals surface area (Å²) in [4.78, 5) is -0.117. The van der Waals surface area contributed by atoms with Crippen molar-refractivity contribution in [1.29, 1.82) is 0 Å². The Morgan fingerprint density at radius 3 is 2.16 bits per heavy atom. The lowest BCUT2D eigenvalue weighted by Crippen LogP contribution is -2.03. The molecule has 0 atom stereocenters. The molecule has 100 valence electrons. The average molecular weight is 356 g/mol. The van der Waals surface area contributed by atoms with E-state index >= 15 is 0 Å². The van der Waals surface area contributed by atoms with Crippen LogP contribution in [0.25, 0.3) is 0 Å². The monoisotopic (exact) mass is 354 g/mol. The van der Waals surface area contributed by atoms with E-state index in [0.29, 0.717) is 5.02 Å². The van der Waals surface area contributed by atoms with Crippen LogP contribution in [0.15, 0.2) is 46.2 Å². The maximum Gasteiger partial charge on any atom is 0.208 e. The van der Waals surface area contributed by atoms with Gasteiger partial charge >= 0.3 is 0 Å². The van der Waals surface area contributed by atoms with Crippen LogP contribution < -0.4 is 0 Å². The van der Waals surface area contributed by atoms with E-state index in [1.165, 1.54) is 30.3 Å². The van der Waals surface area contributed by atoms with Crippen LogP contribution in [0.5, 0.6) is 0 Å². The van der Waals surface area contributed by atoms with Crippen molar-refractivity contribution in [3.63, 3.8) is 0 Å². The van der Waals surface area contributed by atoms with E-state index in [-0.39, 0.29) is 24.9 Å². The molecule has 0 heterocycles. The molecule has 0 aliphatic heterocycles. The molecule has 19 heavy (non-hydrogen) atoms. The van der Waals surface area contributed by atoms with E-state index < -0.39 is 9.84 Å². The minimum atomic E-state index is -3.82. The van der Waals surface area contributed by atoms with Crippen molar-refractivity contribution in [2.24, 2.45) is 0 Å². The second-order valence-electron chi connectivity index (χ2n) is 3.66. The van der Waals surface area contributed by atoms with Gasteiger partial charge in [0.05, 0.1) is 19.8 Å². The Kier molecular flexibility index (Phi) is 4.33. The molecule has 0 bridgehead atoms. The number of sulfone groups is 1. The van der Waals surface area contributed by atoms with E-state index in [4.69, 9.17) is 46.4 Å². The molecule has 2 nitrogen and oxygen atoms in total. The van der Waals surface area contributed by atoms with E-state index in [1.54, 1.807) is 6.07 Å². The Hall–Kier alpha value is -0.450. The smallest absolute Gasteiger partial charge is 0.208 e. The van der Waals surface area contributed by atoms with Crippen molar-refractivity contribution >= 4 is 56.2 Å². The topological polar surface area (TPSA) is 34.1 Å². The molecule has 0 aliphatic rings. The summed E-state index contributed by atoms with van der Waals surface area (Å²) in [6, 6.07) is 8.51. The first-order valence-electron chi connectivity index (χ1n) is 4.97. The highest BCUT2D eigenvalue weighted by atomic mass is 35.5. The van der Waals surface area contributed by atoms with Crippen molar-refractivity contribution in [3.05, 3.63) is 56.5 Å². The average Bonchev–Trinajstić information content (AvgIpc) is 2.33. The fourth-order valence-electron chi connectivity index (χ4n) is 1.49. The van der Waals surface area contributed by atoms with Gasteiger partial charge in [-0.05, 0) is 30.3 Å². The van der Waals surface area contributed by atoms with Gasteiger partial charge in [0.25, 0.3) is 0 Å². The molecule has 0 N–H and O–H groups in total. The van der Waals surface area contributed by atoms with Crippen LogP contribution in [0, 0.1) is 0 Å². The number of hydrogen-bond acceptors (Lipinski definition) is 2. The molecule has 0 aliphatic carbocycles. The van der Waals surface area contributed by atoms with Gasteiger partial charge in [-0.2, -0.15) is 0 Å². The maximum atomic E-state index is 12.5. The second-order valence-corrected chi connectivity index (χ2v) is 7.24. The zero-order chi connectivity index (χ0) is 14.2. The van der Waals surface area contributed by atoms with Gasteiger partial charge in [0, 0.05) is 10.0 Å². The highest BCUT2D eigenvalue weighted by Gasteiger charge is 2.23. The van der Waals surface area contributed by atoms with Gasteiger partial charge < -0.3 is 0 Å². The molecule has 7 heteroatoms. The zero-order valence-electron chi connectivity index (χ0n) is 9.20. The Morgan fingerprint density at radius 1 is 0.842 bits per heavy atom. The van der Waals surface area contributed by atoms with Gasteiger partial charge in [-0.3, -0.25) is 0 Å². The number of rotatable bonds is 2. The number of halogens is 4. The van der Waals surface area contributed by atoms with Crippen molar-refractivity contribution in [2.75, 3.05) is 0 Å². The summed E-state index contributed by atoms with van der Waals surface area (Å²) in [6.45, 7) is 0. The van der Waals surface area contributed by atoms with Crippen LogP contribution in [-0.4, -0.2) is 8.42 Å². The molecule has 0 spiro atoms. The Balaban J connectivity index is 2.70. The van der Waals surface area contributed by atoms with Gasteiger partial charge in [0.2, 0.25) is 9.84 Å². The maximum absolute atomic E-state index is 12.5. The van der Waals surface area contributed by atoms with E-state index in [2.05, 4.69) is 0 Å². The SMILES string of the molecule is O=S(=O)(c1cccc(Cl)c1)c1cc(Cl)cc(Cl)c1Cl. The number of hydrogen-bond donors (Lipinski definition) is 0. The lowest BCUT2D eigenvalue weighted by Gasteiger charge is -2.09. The summed E-state index contributed by atoms with van der Waals surface area (Å²) in [6.07, 6.45) is 0. The first-order chi connectivity index (χ1) is 8.82. The van der Waals surface area contributed by atoms with E-state index in [9.17, 15) is 8.42 Å². The van der Waals surface area contributed by atoms with Crippen molar-refractivity contribution in [3.8, 4) is 0 Å². The first kappa shape index (κ1) is 14.9. The molecule has 0 saturated carbocycles. The standard InChI is InChI=1S/C12H6Cl4O2S/c13-7-2-1-3-9(4-7)19(17,18)11-6-8(14)5-10(15)12(11)16/h1-6H. The molecule has 0 radical (unpaired) electrons. The van der Waals surface area contributed by atoms with E-state index in [0.717, 1.165) is 0 Å². The lowest BCUT2D eigenvalue weighted by atomic mass is 10.3. The minimum absolute atomic E-state index is 0.0280. The van der Waals surface area contributed by atoms with Crippen LogP contribution in [0.3, 0.4) is 0 Å². The van der Waals surface area contributed by atoms with Gasteiger partial charge in [0.1, 0.15) is 0 Å². The molecule has 2 aromatic carbocycles. The van der Waals surface area contributed by atoms with Crippen molar-refractivity contribution < 1.29 is 8.42 Å². The molecule has 0 unspecified atom stereocenters. The summed E-state index contributed by atoms with van der Waals surface area (Å²) in [7, 11) is -3.82. The summed E-state index contributed by atoms with van der Waals surface area (Å²) in [5.41, 5.74) is 0. The highest BCUT2D eigenvalue weighted by molar-refractivity contribution is 7.91. The molecular weight excluding hydrogens is 350 g/mol. The van der Waals surface area contributed by atoms with Crippen molar-refractivity contribution in [2.45, 2.75) is 9.79 Å². The molecule has 0 aromatic heterocycles. The Bertz CT molecular complexity index is 741. The largest absolute Gasteiger partial charge is 0.218 e. The van der Waals surface area contributed by atoms with Gasteiger partial charge in [0.15, 0.2) is 0 Å². The third kappa shape index (κ3) is 3.01. The molecular formula is C12H6Cl4O2S. The third-order valence-electron chi connectivity index (χ3n) is 2.36. The highest BCUT2D eigenvalue weighted by Crippen LogP contribution is 2.36. The van der Waals surface area contributed by atoms with Gasteiger partial charge in [-0.15, -0.1) is 0 Å². The van der Waals surface area contributed by atoms with Crippen LogP contribution in [0.1, 0.15) is 0 Å². The summed E-state index contributed by atoms with van der Waals surface area (Å²) >= 11 is 23.4. The quantitative estimate of drug-likeness (QED) is 0.699. The lowest BCUT2D eigenvalue weighted by molar-refractivity contribution is 0.596. The molecule has 2 aromatic rings. The summed E-state index contributed by atoms with van der Waals surface area (Å²) < 4.78 is 24.9. The fraction of sp³-hybridized carbons (Fsp3) is 0. The Labute approximate surface area is 130 Å². The zero-order valence-corrected chi connectivity index (χ0v) is 13.0. The van der Waals surface area contributed by atoms with Crippen LogP contribution in [-0.2, 0) is 9.84 Å². The predicted molar refractivity (Wildman–Crippen MR) is 78.4 cm³/mol. The first-order valence-corrected chi connectivity index (χ1v) is 7.97. The summed E-state index contributed by atoms with van der Waals surface area (Å²) in [5, 5.41) is 0.515. The molecule has 0 fully saturated rings. The van der Waals surface area contributed by atoms with Crippen LogP contribution in [0.2, 0.25) is 20.1 Å². The fourth-order valence-corrected chi connectivity index (χ4v) is 4.19. The Morgan fingerprint density at radius 2 is 1.53 bits per heavy atom. The molecule has 2 rings (SSSR count). The van der Waals surface area contributed by atoms with Crippen molar-refractivity contribution in [1.82, 2.24) is 0 Å². The van der Waals surface area contributed by atoms with Crippen LogP contribution >= 0.6 is 46.4 Å². The van der Waals surface area contributed by atoms with Gasteiger partial charge in [-0.25, -0.2) is 8.42 Å². The third-order valence-corrected chi connectivity index (χ3v) is 5.50. The second kappa shape index (κ2) is 5.51. The molecule has 0 saturated heterocycles. The van der Waals surface area contributed by atoms with Crippen LogP contribution in [0.4, 0.5) is 0 Å². The van der Waals surface area contributed by atoms with E-state index in [1.807, 2.05) is 0 Å². The number of benzene rings is 2. The predicted octanol–water partition coefficient (Wildman–Crippen LogP) is 5.13. The summed E-state index contributed by atoms with van der Waals surface area (Å²) in [5.74, 6) is 0. The minimum Gasteiger partial charge on any atom is -0.218 e.